The largest absolute Gasteiger partial charge is 0.493 e. The van der Waals surface area contributed by atoms with Crippen molar-refractivity contribution in [3.8, 4) is 17.2 Å². The monoisotopic (exact) mass is 542 g/mol. The minimum atomic E-state index is -4.41. The second-order valence-electron chi connectivity index (χ2n) is 9.86. The van der Waals surface area contributed by atoms with E-state index in [4.69, 9.17) is 14.2 Å². The summed E-state index contributed by atoms with van der Waals surface area (Å²) in [5.74, 6) is 1.67. The molecule has 3 aromatic carbocycles. The summed E-state index contributed by atoms with van der Waals surface area (Å²) in [5.41, 5.74) is 0.847. The van der Waals surface area contributed by atoms with Crippen molar-refractivity contribution in [2.24, 2.45) is 0 Å². The summed E-state index contributed by atoms with van der Waals surface area (Å²) in [4.78, 5) is 0. The molecule has 0 N–H and O–H groups in total. The quantitative estimate of drug-likeness (QED) is 0.133. The van der Waals surface area contributed by atoms with Gasteiger partial charge in [-0.15, -0.1) is 0 Å². The molecule has 3 rings (SSSR count). The van der Waals surface area contributed by atoms with Crippen molar-refractivity contribution in [1.82, 2.24) is 0 Å². The van der Waals surface area contributed by atoms with Crippen molar-refractivity contribution in [2.75, 3.05) is 20.8 Å². The Morgan fingerprint density at radius 3 is 1.82 bits per heavy atom. The Morgan fingerprint density at radius 2 is 1.26 bits per heavy atom. The van der Waals surface area contributed by atoms with Crippen molar-refractivity contribution in [1.29, 1.82) is 0 Å². The summed E-state index contributed by atoms with van der Waals surface area (Å²) in [6.45, 7) is 2.82. The lowest BCUT2D eigenvalue weighted by molar-refractivity contribution is -0.136. The molecule has 0 aliphatic rings. The summed E-state index contributed by atoms with van der Waals surface area (Å²) in [6, 6.07) is 12.9. The molecule has 0 aromatic heterocycles. The number of hydrogen-bond donors (Lipinski definition) is 0. The van der Waals surface area contributed by atoms with E-state index in [1.54, 1.807) is 38.5 Å². The van der Waals surface area contributed by atoms with Gasteiger partial charge in [-0.3, -0.25) is 0 Å². The Balaban J connectivity index is 1.63. The molecule has 3 nitrogen and oxygen atoms in total. The molecule has 0 bridgehead atoms. The molecule has 0 heterocycles. The number of methoxy groups -OCH3 is 2. The van der Waals surface area contributed by atoms with Gasteiger partial charge >= 0.3 is 6.18 Å². The van der Waals surface area contributed by atoms with Crippen LogP contribution < -0.4 is 14.2 Å². The van der Waals surface area contributed by atoms with Gasteiger partial charge in [0.05, 0.1) is 26.4 Å². The van der Waals surface area contributed by atoms with Gasteiger partial charge in [0.15, 0.2) is 11.5 Å². The molecule has 0 saturated heterocycles. The van der Waals surface area contributed by atoms with Gasteiger partial charge in [0.25, 0.3) is 0 Å². The van der Waals surface area contributed by atoms with Crippen LogP contribution in [-0.2, 0) is 6.18 Å². The third-order valence-corrected chi connectivity index (χ3v) is 6.95. The molecule has 0 spiro atoms. The molecule has 0 aliphatic carbocycles. The van der Waals surface area contributed by atoms with E-state index in [2.05, 4.69) is 6.92 Å². The first-order valence-corrected chi connectivity index (χ1v) is 14.0. The molecule has 212 valence electrons. The molecule has 6 heteroatoms. The first-order chi connectivity index (χ1) is 18.9. The molecule has 3 aromatic rings. The molecular formula is C33H41F3O3. The molecule has 0 unspecified atom stereocenters. The number of rotatable bonds is 16. The van der Waals surface area contributed by atoms with E-state index >= 15 is 0 Å². The minimum absolute atomic E-state index is 0.179. The Hall–Kier alpha value is -3.15. The van der Waals surface area contributed by atoms with Crippen LogP contribution >= 0.6 is 0 Å². The second-order valence-corrected chi connectivity index (χ2v) is 9.86. The standard InChI is InChI=1S/C33H41F3O3/c1-4-5-6-7-8-9-10-11-12-15-22-39-32-30(37-2)23-25(24-31(32)38-3)18-19-26-20-21-29(33(34,35)36)28-17-14-13-16-27(26)28/h13-14,16-21,23-24H,4-12,15,22H2,1-3H3. The van der Waals surface area contributed by atoms with Crippen LogP contribution in [0.15, 0.2) is 48.5 Å². The van der Waals surface area contributed by atoms with Crippen molar-refractivity contribution >= 4 is 22.9 Å². The van der Waals surface area contributed by atoms with Gasteiger partial charge in [0.2, 0.25) is 5.75 Å². The van der Waals surface area contributed by atoms with Gasteiger partial charge in [-0.05, 0) is 46.5 Å². The van der Waals surface area contributed by atoms with Crippen LogP contribution in [0, 0.1) is 0 Å². The molecule has 0 amide bonds. The maximum absolute atomic E-state index is 13.5. The average molecular weight is 543 g/mol. The molecule has 0 atom stereocenters. The Labute approximate surface area is 231 Å². The van der Waals surface area contributed by atoms with Crippen molar-refractivity contribution in [2.45, 2.75) is 77.3 Å². The number of fused-ring (bicyclic) bond motifs is 1. The predicted molar refractivity (Wildman–Crippen MR) is 155 cm³/mol. The zero-order chi connectivity index (χ0) is 28.1. The van der Waals surface area contributed by atoms with Crippen LogP contribution in [0.4, 0.5) is 13.2 Å². The van der Waals surface area contributed by atoms with Gasteiger partial charge < -0.3 is 14.2 Å². The van der Waals surface area contributed by atoms with E-state index in [1.165, 1.54) is 63.5 Å². The molecular weight excluding hydrogens is 501 g/mol. The van der Waals surface area contributed by atoms with Gasteiger partial charge in [-0.2, -0.15) is 13.2 Å². The second kappa shape index (κ2) is 15.4. The highest BCUT2D eigenvalue weighted by Crippen LogP contribution is 2.40. The van der Waals surface area contributed by atoms with Crippen molar-refractivity contribution < 1.29 is 27.4 Å². The summed E-state index contributed by atoms with van der Waals surface area (Å²) >= 11 is 0. The Bertz CT molecular complexity index is 1180. The third-order valence-electron chi connectivity index (χ3n) is 6.95. The van der Waals surface area contributed by atoms with E-state index in [0.29, 0.717) is 34.8 Å². The van der Waals surface area contributed by atoms with Gasteiger partial charge in [0.1, 0.15) is 0 Å². The number of hydrogen-bond acceptors (Lipinski definition) is 3. The fourth-order valence-corrected chi connectivity index (χ4v) is 4.80. The van der Waals surface area contributed by atoms with E-state index in [9.17, 15) is 13.2 Å². The van der Waals surface area contributed by atoms with E-state index in [-0.39, 0.29) is 5.39 Å². The lowest BCUT2D eigenvalue weighted by atomic mass is 9.98. The van der Waals surface area contributed by atoms with Crippen molar-refractivity contribution in [3.63, 3.8) is 0 Å². The van der Waals surface area contributed by atoms with E-state index in [1.807, 2.05) is 18.2 Å². The fourth-order valence-electron chi connectivity index (χ4n) is 4.80. The zero-order valence-electron chi connectivity index (χ0n) is 23.4. The first-order valence-electron chi connectivity index (χ1n) is 14.0. The molecule has 39 heavy (non-hydrogen) atoms. The lowest BCUT2D eigenvalue weighted by Crippen LogP contribution is -2.05. The number of alkyl halides is 3. The topological polar surface area (TPSA) is 27.7 Å². The fraction of sp³-hybridized carbons (Fsp3) is 0.455. The van der Waals surface area contributed by atoms with Crippen LogP contribution in [0.25, 0.3) is 22.9 Å². The molecule has 0 fully saturated rings. The summed E-state index contributed by atoms with van der Waals surface area (Å²) in [7, 11) is 3.16. The molecule has 0 saturated carbocycles. The maximum atomic E-state index is 13.5. The summed E-state index contributed by atoms with van der Waals surface area (Å²) in [6.07, 6.45) is 11.8. The van der Waals surface area contributed by atoms with Crippen LogP contribution in [0.3, 0.4) is 0 Å². The molecule has 0 radical (unpaired) electrons. The predicted octanol–water partition coefficient (Wildman–Crippen LogP) is 10.3. The summed E-state index contributed by atoms with van der Waals surface area (Å²) in [5, 5.41) is 0.719. The van der Waals surface area contributed by atoms with Crippen LogP contribution in [0.5, 0.6) is 17.2 Å². The minimum Gasteiger partial charge on any atom is -0.493 e. The number of ether oxygens (including phenoxy) is 3. The third kappa shape index (κ3) is 8.94. The maximum Gasteiger partial charge on any atom is 0.417 e. The van der Waals surface area contributed by atoms with Gasteiger partial charge in [-0.25, -0.2) is 0 Å². The Morgan fingerprint density at radius 1 is 0.692 bits per heavy atom. The number of halogens is 3. The van der Waals surface area contributed by atoms with Gasteiger partial charge in [0, 0.05) is 0 Å². The van der Waals surface area contributed by atoms with Gasteiger partial charge in [-0.1, -0.05) is 107 Å². The highest BCUT2D eigenvalue weighted by atomic mass is 19.4. The SMILES string of the molecule is CCCCCCCCCCCCOc1c(OC)cc(C=Cc2ccc(C(F)(F)F)c3ccccc23)cc1OC. The Kier molecular flexibility index (Phi) is 12.0. The number of benzene rings is 3. The van der Waals surface area contributed by atoms with Crippen LogP contribution in [0.1, 0.15) is 87.8 Å². The van der Waals surface area contributed by atoms with Crippen molar-refractivity contribution in [3.05, 3.63) is 65.2 Å². The molecule has 0 aliphatic heterocycles. The van der Waals surface area contributed by atoms with E-state index < -0.39 is 11.7 Å². The normalized spacial score (nSPS) is 11.8. The first kappa shape index (κ1) is 30.4. The average Bonchev–Trinajstić information content (AvgIpc) is 2.93. The summed E-state index contributed by atoms with van der Waals surface area (Å²) < 4.78 is 57.7. The highest BCUT2D eigenvalue weighted by molar-refractivity contribution is 5.95. The smallest absolute Gasteiger partial charge is 0.417 e. The van der Waals surface area contributed by atoms with Crippen LogP contribution in [-0.4, -0.2) is 20.8 Å². The lowest BCUT2D eigenvalue weighted by Gasteiger charge is -2.15. The zero-order valence-corrected chi connectivity index (χ0v) is 23.4. The van der Waals surface area contributed by atoms with Crippen LogP contribution in [0.2, 0.25) is 0 Å². The van der Waals surface area contributed by atoms with E-state index in [0.717, 1.165) is 24.5 Å². The number of unbranched alkanes of at least 4 members (excludes halogenated alkanes) is 9. The highest BCUT2D eigenvalue weighted by Gasteiger charge is 2.32.